The van der Waals surface area contributed by atoms with Crippen molar-refractivity contribution in [3.05, 3.63) is 24.6 Å². The number of allylic oxidation sites excluding steroid dienone is 1. The molecule has 3 nitrogen and oxygen atoms in total. The van der Waals surface area contributed by atoms with Gasteiger partial charge in [0.05, 0.1) is 5.54 Å². The van der Waals surface area contributed by atoms with Crippen LogP contribution in [0, 0.1) is 5.41 Å². The van der Waals surface area contributed by atoms with E-state index in [-0.39, 0.29) is 11.0 Å². The molecular weight excluding hydrogens is 246 g/mol. The lowest BCUT2D eigenvalue weighted by Gasteiger charge is -2.36. The quantitative estimate of drug-likeness (QED) is 0.646. The zero-order valence-electron chi connectivity index (χ0n) is 14.0. The van der Waals surface area contributed by atoms with Crippen molar-refractivity contribution in [1.29, 1.82) is 0 Å². The Kier molecular flexibility index (Phi) is 5.69. The Morgan fingerprint density at radius 3 is 1.95 bits per heavy atom. The Morgan fingerprint density at radius 1 is 0.900 bits per heavy atom. The highest BCUT2D eigenvalue weighted by atomic mass is 15.4. The van der Waals surface area contributed by atoms with Crippen LogP contribution in [0.25, 0.3) is 0 Å². The van der Waals surface area contributed by atoms with E-state index in [1.807, 2.05) is 0 Å². The summed E-state index contributed by atoms with van der Waals surface area (Å²) in [6.07, 6.45) is 6.56. The van der Waals surface area contributed by atoms with Crippen LogP contribution in [0.4, 0.5) is 0 Å². The SMILES string of the molecule is C=C(NNC(C)(C)C(=C)NC1CCCCC1)C(C)(C)C. The van der Waals surface area contributed by atoms with Crippen molar-refractivity contribution in [3.63, 3.8) is 0 Å². The van der Waals surface area contributed by atoms with E-state index in [1.54, 1.807) is 0 Å². The normalized spacial score (nSPS) is 17.6. The first kappa shape index (κ1) is 17.1. The molecule has 0 spiro atoms. The number of nitrogens with one attached hydrogen (secondary N) is 3. The minimum absolute atomic E-state index is 0.0429. The lowest BCUT2D eigenvalue weighted by molar-refractivity contribution is 0.322. The molecule has 1 aliphatic rings. The second-order valence-electron chi connectivity index (χ2n) is 7.56. The molecule has 0 atom stereocenters. The molecule has 0 radical (unpaired) electrons. The molecule has 116 valence electrons. The fraction of sp³-hybridized carbons (Fsp3) is 0.765. The van der Waals surface area contributed by atoms with Crippen LogP contribution in [0.2, 0.25) is 0 Å². The molecule has 20 heavy (non-hydrogen) atoms. The second-order valence-corrected chi connectivity index (χ2v) is 7.56. The summed E-state index contributed by atoms with van der Waals surface area (Å²) in [6.45, 7) is 19.0. The summed E-state index contributed by atoms with van der Waals surface area (Å²) in [4.78, 5) is 0. The molecule has 1 aliphatic carbocycles. The third kappa shape index (κ3) is 5.20. The Bertz CT molecular complexity index is 344. The minimum Gasteiger partial charge on any atom is -0.385 e. The van der Waals surface area contributed by atoms with Gasteiger partial charge in [-0.15, -0.1) is 0 Å². The van der Waals surface area contributed by atoms with E-state index in [0.717, 1.165) is 11.4 Å². The average molecular weight is 279 g/mol. The molecule has 1 saturated carbocycles. The van der Waals surface area contributed by atoms with Crippen molar-refractivity contribution < 1.29 is 0 Å². The van der Waals surface area contributed by atoms with E-state index in [9.17, 15) is 0 Å². The fourth-order valence-electron chi connectivity index (χ4n) is 2.17. The van der Waals surface area contributed by atoms with Gasteiger partial charge in [-0.1, -0.05) is 53.2 Å². The maximum absolute atomic E-state index is 4.22. The summed E-state index contributed by atoms with van der Waals surface area (Å²) >= 11 is 0. The molecule has 0 aromatic heterocycles. The van der Waals surface area contributed by atoms with E-state index in [4.69, 9.17) is 0 Å². The van der Waals surface area contributed by atoms with Gasteiger partial charge in [-0.05, 0) is 26.7 Å². The monoisotopic (exact) mass is 279 g/mol. The summed E-state index contributed by atoms with van der Waals surface area (Å²) in [5.41, 5.74) is 8.43. The Hall–Kier alpha value is -0.960. The van der Waals surface area contributed by atoms with Gasteiger partial charge in [0.2, 0.25) is 0 Å². The molecule has 1 rings (SSSR count). The zero-order chi connectivity index (χ0) is 15.4. The Morgan fingerprint density at radius 2 is 1.45 bits per heavy atom. The first-order chi connectivity index (χ1) is 9.13. The number of rotatable bonds is 6. The van der Waals surface area contributed by atoms with E-state index in [2.05, 4.69) is 63.9 Å². The molecule has 0 aromatic carbocycles. The molecule has 0 saturated heterocycles. The van der Waals surface area contributed by atoms with E-state index in [0.29, 0.717) is 6.04 Å². The highest BCUT2D eigenvalue weighted by Crippen LogP contribution is 2.22. The van der Waals surface area contributed by atoms with Gasteiger partial charge in [-0.3, -0.25) is 0 Å². The van der Waals surface area contributed by atoms with Crippen LogP contribution >= 0.6 is 0 Å². The van der Waals surface area contributed by atoms with Gasteiger partial charge in [0, 0.05) is 22.9 Å². The molecule has 0 heterocycles. The van der Waals surface area contributed by atoms with Crippen molar-refractivity contribution in [1.82, 2.24) is 16.2 Å². The van der Waals surface area contributed by atoms with Crippen LogP contribution in [-0.2, 0) is 0 Å². The minimum atomic E-state index is -0.217. The van der Waals surface area contributed by atoms with Crippen LogP contribution in [0.1, 0.15) is 66.7 Å². The van der Waals surface area contributed by atoms with E-state index < -0.39 is 0 Å². The summed E-state index contributed by atoms with van der Waals surface area (Å²) in [6, 6.07) is 0.586. The first-order valence-electron chi connectivity index (χ1n) is 7.81. The smallest absolute Gasteiger partial charge is 0.0702 e. The molecule has 0 aromatic rings. The Labute approximate surface area is 125 Å². The lowest BCUT2D eigenvalue weighted by Crippen LogP contribution is -2.53. The maximum Gasteiger partial charge on any atom is 0.0702 e. The zero-order valence-corrected chi connectivity index (χ0v) is 14.0. The number of hydrogen-bond donors (Lipinski definition) is 3. The van der Waals surface area contributed by atoms with Crippen molar-refractivity contribution >= 4 is 0 Å². The summed E-state index contributed by atoms with van der Waals surface area (Å²) in [5.74, 6) is 0. The van der Waals surface area contributed by atoms with Gasteiger partial charge in [0.1, 0.15) is 0 Å². The highest BCUT2D eigenvalue weighted by molar-refractivity contribution is 5.13. The van der Waals surface area contributed by atoms with Gasteiger partial charge < -0.3 is 10.7 Å². The molecular formula is C17H33N3. The van der Waals surface area contributed by atoms with Crippen LogP contribution in [0.15, 0.2) is 24.6 Å². The first-order valence-corrected chi connectivity index (χ1v) is 7.81. The lowest BCUT2D eigenvalue weighted by atomic mass is 9.92. The largest absolute Gasteiger partial charge is 0.385 e. The third-order valence-corrected chi connectivity index (χ3v) is 4.17. The average Bonchev–Trinajstić information content (AvgIpc) is 2.36. The molecule has 3 N–H and O–H groups in total. The predicted molar refractivity (Wildman–Crippen MR) is 88.1 cm³/mol. The van der Waals surface area contributed by atoms with Gasteiger partial charge >= 0.3 is 0 Å². The van der Waals surface area contributed by atoms with Crippen LogP contribution in [0.3, 0.4) is 0 Å². The van der Waals surface area contributed by atoms with E-state index in [1.165, 1.54) is 32.1 Å². The van der Waals surface area contributed by atoms with Gasteiger partial charge in [0.15, 0.2) is 0 Å². The standard InChI is InChI=1S/C17H33N3/c1-13(16(3,4)5)19-20-17(6,7)14(2)18-15-11-9-8-10-12-15/h15,18-20H,1-2,8-12H2,3-7H3. The molecule has 0 amide bonds. The molecule has 0 aliphatic heterocycles. The predicted octanol–water partition coefficient (Wildman–Crippen LogP) is 3.86. The van der Waals surface area contributed by atoms with Crippen LogP contribution in [0.5, 0.6) is 0 Å². The third-order valence-electron chi connectivity index (χ3n) is 4.17. The second kappa shape index (κ2) is 6.66. The molecule has 3 heteroatoms. The summed E-state index contributed by atoms with van der Waals surface area (Å²) in [5, 5.41) is 3.59. The Balaban J connectivity index is 2.46. The summed E-state index contributed by atoms with van der Waals surface area (Å²) in [7, 11) is 0. The van der Waals surface area contributed by atoms with Crippen molar-refractivity contribution in [3.8, 4) is 0 Å². The van der Waals surface area contributed by atoms with Crippen LogP contribution < -0.4 is 16.2 Å². The van der Waals surface area contributed by atoms with Gasteiger partial charge in [-0.2, -0.15) is 0 Å². The fourth-order valence-corrected chi connectivity index (χ4v) is 2.17. The maximum atomic E-state index is 4.22. The number of hydrogen-bond acceptors (Lipinski definition) is 3. The molecule has 1 fully saturated rings. The number of hydrazine groups is 1. The van der Waals surface area contributed by atoms with Crippen molar-refractivity contribution in [2.75, 3.05) is 0 Å². The van der Waals surface area contributed by atoms with Crippen molar-refractivity contribution in [2.45, 2.75) is 78.3 Å². The molecule has 0 bridgehead atoms. The summed E-state index contributed by atoms with van der Waals surface area (Å²) < 4.78 is 0. The van der Waals surface area contributed by atoms with Crippen molar-refractivity contribution in [2.24, 2.45) is 5.41 Å². The van der Waals surface area contributed by atoms with Gasteiger partial charge in [0.25, 0.3) is 0 Å². The molecule has 0 unspecified atom stereocenters. The van der Waals surface area contributed by atoms with Crippen LogP contribution in [-0.4, -0.2) is 11.6 Å². The topological polar surface area (TPSA) is 36.1 Å². The van der Waals surface area contributed by atoms with E-state index >= 15 is 0 Å². The van der Waals surface area contributed by atoms with Gasteiger partial charge in [-0.25, -0.2) is 5.43 Å². The highest BCUT2D eigenvalue weighted by Gasteiger charge is 2.25.